The molecule has 92 valence electrons. The lowest BCUT2D eigenvalue weighted by Gasteiger charge is -2.14. The van der Waals surface area contributed by atoms with Crippen molar-refractivity contribution in [1.82, 2.24) is 0 Å². The van der Waals surface area contributed by atoms with Crippen LogP contribution in [0, 0.1) is 0 Å². The first-order chi connectivity index (χ1) is 8.03. The third-order valence-electron chi connectivity index (χ3n) is 3.02. The molecule has 1 aliphatic heterocycles. The highest BCUT2D eigenvalue weighted by molar-refractivity contribution is 5.72. The second kappa shape index (κ2) is 4.40. The lowest BCUT2D eigenvalue weighted by Crippen LogP contribution is -2.18. The predicted molar refractivity (Wildman–Crippen MR) is 65.3 cm³/mol. The summed E-state index contributed by atoms with van der Waals surface area (Å²) in [5.41, 5.74) is 2.22. The summed E-state index contributed by atoms with van der Waals surface area (Å²) >= 11 is 0. The second-order valence-corrected chi connectivity index (χ2v) is 4.98. The molecule has 0 N–H and O–H groups in total. The normalized spacial score (nSPS) is 16.2. The maximum Gasteiger partial charge on any atom is 0.310 e. The predicted octanol–water partition coefficient (Wildman–Crippen LogP) is 2.46. The molecular formula is C14H18O3. The zero-order valence-corrected chi connectivity index (χ0v) is 10.6. The Hall–Kier alpha value is -1.51. The number of benzene rings is 1. The van der Waals surface area contributed by atoms with E-state index in [4.69, 9.17) is 9.47 Å². The van der Waals surface area contributed by atoms with Crippen molar-refractivity contribution in [2.24, 2.45) is 0 Å². The third-order valence-corrected chi connectivity index (χ3v) is 3.02. The number of carbonyl (C=O) groups excluding carboxylic acids is 1. The van der Waals surface area contributed by atoms with E-state index in [0.29, 0.717) is 19.6 Å². The van der Waals surface area contributed by atoms with Gasteiger partial charge < -0.3 is 9.47 Å². The summed E-state index contributed by atoms with van der Waals surface area (Å²) in [5, 5.41) is 0. The molecule has 3 nitrogen and oxygen atoms in total. The van der Waals surface area contributed by atoms with Crippen molar-refractivity contribution in [3.05, 3.63) is 29.3 Å². The molecule has 0 saturated heterocycles. The minimum Gasteiger partial charge on any atom is -0.492 e. The van der Waals surface area contributed by atoms with Crippen LogP contribution in [0.4, 0.5) is 0 Å². The number of hydrogen-bond acceptors (Lipinski definition) is 3. The van der Waals surface area contributed by atoms with E-state index in [9.17, 15) is 4.79 Å². The first-order valence-electron chi connectivity index (χ1n) is 5.95. The zero-order valence-electron chi connectivity index (χ0n) is 10.6. The Bertz CT molecular complexity index is 435. The van der Waals surface area contributed by atoms with Crippen molar-refractivity contribution in [2.75, 3.05) is 13.2 Å². The largest absolute Gasteiger partial charge is 0.492 e. The summed E-state index contributed by atoms with van der Waals surface area (Å²) in [5.74, 6) is 0.710. The first kappa shape index (κ1) is 12.0. The van der Waals surface area contributed by atoms with Crippen molar-refractivity contribution in [3.8, 4) is 5.75 Å². The highest BCUT2D eigenvalue weighted by Gasteiger charge is 2.31. The molecule has 0 amide bonds. The van der Waals surface area contributed by atoms with E-state index in [2.05, 4.69) is 19.9 Å². The molecule has 2 rings (SSSR count). The van der Waals surface area contributed by atoms with E-state index < -0.39 is 0 Å². The van der Waals surface area contributed by atoms with E-state index >= 15 is 0 Å². The highest BCUT2D eigenvalue weighted by Crippen LogP contribution is 2.38. The Morgan fingerprint density at radius 2 is 2.24 bits per heavy atom. The van der Waals surface area contributed by atoms with E-state index in [1.165, 1.54) is 5.56 Å². The van der Waals surface area contributed by atoms with Gasteiger partial charge in [0.2, 0.25) is 0 Å². The molecule has 0 spiro atoms. The fraction of sp³-hybridized carbons (Fsp3) is 0.500. The topological polar surface area (TPSA) is 35.5 Å². The maximum absolute atomic E-state index is 11.4. The molecule has 0 aliphatic carbocycles. The van der Waals surface area contributed by atoms with Gasteiger partial charge in [-0.15, -0.1) is 0 Å². The molecule has 0 saturated carbocycles. The van der Waals surface area contributed by atoms with Crippen molar-refractivity contribution >= 4 is 5.97 Å². The van der Waals surface area contributed by atoms with Crippen LogP contribution in [0.3, 0.4) is 0 Å². The minimum absolute atomic E-state index is 0.0673. The molecule has 0 bridgehead atoms. The highest BCUT2D eigenvalue weighted by atomic mass is 16.5. The zero-order chi connectivity index (χ0) is 12.5. The van der Waals surface area contributed by atoms with Gasteiger partial charge in [0.25, 0.3) is 0 Å². The number of esters is 1. The van der Waals surface area contributed by atoms with Crippen LogP contribution in [0.5, 0.6) is 5.75 Å². The summed E-state index contributed by atoms with van der Waals surface area (Å²) in [4.78, 5) is 11.4. The van der Waals surface area contributed by atoms with E-state index in [-0.39, 0.29) is 11.4 Å². The minimum atomic E-state index is -0.190. The fourth-order valence-corrected chi connectivity index (χ4v) is 2.07. The Kier molecular flexibility index (Phi) is 3.09. The smallest absolute Gasteiger partial charge is 0.310 e. The molecule has 1 heterocycles. The number of ether oxygens (including phenoxy) is 2. The van der Waals surface area contributed by atoms with E-state index in [1.807, 2.05) is 19.1 Å². The monoisotopic (exact) mass is 234 g/mol. The van der Waals surface area contributed by atoms with Crippen molar-refractivity contribution in [2.45, 2.75) is 32.6 Å². The number of carbonyl (C=O) groups is 1. The quantitative estimate of drug-likeness (QED) is 0.754. The SMILES string of the molecule is CCOC(=O)Cc1ccc2c(c1)OCC2(C)C. The number of fused-ring (bicyclic) bond motifs is 1. The van der Waals surface area contributed by atoms with Gasteiger partial charge in [0, 0.05) is 11.0 Å². The Morgan fingerprint density at radius 3 is 2.94 bits per heavy atom. The van der Waals surface area contributed by atoms with Crippen LogP contribution >= 0.6 is 0 Å². The van der Waals surface area contributed by atoms with Gasteiger partial charge in [-0.1, -0.05) is 26.0 Å². The standard InChI is InChI=1S/C14H18O3/c1-4-16-13(15)8-10-5-6-11-12(7-10)17-9-14(11,2)3/h5-7H,4,8-9H2,1-3H3. The van der Waals surface area contributed by atoms with Crippen LogP contribution < -0.4 is 4.74 Å². The van der Waals surface area contributed by atoms with Gasteiger partial charge in [-0.3, -0.25) is 4.79 Å². The van der Waals surface area contributed by atoms with Gasteiger partial charge in [-0.25, -0.2) is 0 Å². The van der Waals surface area contributed by atoms with Crippen molar-refractivity contribution in [1.29, 1.82) is 0 Å². The lowest BCUT2D eigenvalue weighted by molar-refractivity contribution is -0.142. The van der Waals surface area contributed by atoms with Crippen LogP contribution in [0.2, 0.25) is 0 Å². The molecule has 1 aliphatic rings. The molecule has 17 heavy (non-hydrogen) atoms. The lowest BCUT2D eigenvalue weighted by atomic mass is 9.86. The van der Waals surface area contributed by atoms with Crippen LogP contribution in [-0.4, -0.2) is 19.2 Å². The van der Waals surface area contributed by atoms with Gasteiger partial charge in [-0.2, -0.15) is 0 Å². The van der Waals surface area contributed by atoms with Gasteiger partial charge >= 0.3 is 5.97 Å². The summed E-state index contributed by atoms with van der Waals surface area (Å²) in [6.07, 6.45) is 0.310. The van der Waals surface area contributed by atoms with Gasteiger partial charge in [-0.05, 0) is 18.6 Å². The molecular weight excluding hydrogens is 216 g/mol. The Balaban J connectivity index is 2.16. The molecule has 0 aromatic heterocycles. The molecule has 1 aromatic carbocycles. The fourth-order valence-electron chi connectivity index (χ4n) is 2.07. The summed E-state index contributed by atoms with van der Waals surface area (Å²) < 4.78 is 10.6. The van der Waals surface area contributed by atoms with Gasteiger partial charge in [0.1, 0.15) is 5.75 Å². The van der Waals surface area contributed by atoms with Crippen molar-refractivity contribution < 1.29 is 14.3 Å². The molecule has 3 heteroatoms. The average molecular weight is 234 g/mol. The van der Waals surface area contributed by atoms with Crippen molar-refractivity contribution in [3.63, 3.8) is 0 Å². The first-order valence-corrected chi connectivity index (χ1v) is 5.95. The second-order valence-electron chi connectivity index (χ2n) is 4.98. The molecule has 0 fully saturated rings. The van der Waals surface area contributed by atoms with Gasteiger partial charge in [0.05, 0.1) is 19.6 Å². The third kappa shape index (κ3) is 2.43. The molecule has 0 atom stereocenters. The molecule has 1 aromatic rings. The Morgan fingerprint density at radius 1 is 1.47 bits per heavy atom. The number of hydrogen-bond donors (Lipinski definition) is 0. The maximum atomic E-state index is 11.4. The van der Waals surface area contributed by atoms with E-state index in [0.717, 1.165) is 11.3 Å². The van der Waals surface area contributed by atoms with Crippen LogP contribution in [0.25, 0.3) is 0 Å². The molecule has 0 radical (unpaired) electrons. The van der Waals surface area contributed by atoms with Crippen LogP contribution in [0.15, 0.2) is 18.2 Å². The van der Waals surface area contributed by atoms with Crippen LogP contribution in [-0.2, 0) is 21.4 Å². The summed E-state index contributed by atoms with van der Waals surface area (Å²) in [6, 6.07) is 5.98. The van der Waals surface area contributed by atoms with Crippen LogP contribution in [0.1, 0.15) is 31.9 Å². The average Bonchev–Trinajstić information content (AvgIpc) is 2.55. The van der Waals surface area contributed by atoms with Gasteiger partial charge in [0.15, 0.2) is 0 Å². The molecule has 0 unspecified atom stereocenters. The Labute approximate surface area is 102 Å². The summed E-state index contributed by atoms with van der Waals surface area (Å²) in [6.45, 7) is 7.25. The number of rotatable bonds is 3. The van der Waals surface area contributed by atoms with E-state index in [1.54, 1.807) is 0 Å². The summed E-state index contributed by atoms with van der Waals surface area (Å²) in [7, 11) is 0.